The van der Waals surface area contributed by atoms with E-state index in [2.05, 4.69) is 9.82 Å². The van der Waals surface area contributed by atoms with Gasteiger partial charge in [0.25, 0.3) is 0 Å². The summed E-state index contributed by atoms with van der Waals surface area (Å²) in [6.07, 6.45) is 3.50. The summed E-state index contributed by atoms with van der Waals surface area (Å²) >= 11 is 0. The molecule has 0 aliphatic carbocycles. The maximum atomic E-state index is 12.5. The molecule has 2 aromatic rings. The van der Waals surface area contributed by atoms with Gasteiger partial charge in [0.2, 0.25) is 10.0 Å². The van der Waals surface area contributed by atoms with E-state index in [-0.39, 0.29) is 35.0 Å². The maximum absolute atomic E-state index is 12.5. The Balaban J connectivity index is 1.69. The van der Waals surface area contributed by atoms with Crippen LogP contribution in [0.1, 0.15) is 22.3 Å². The van der Waals surface area contributed by atoms with Gasteiger partial charge in [-0.2, -0.15) is 5.10 Å². The largest absolute Gasteiger partial charge is 0.457 e. The minimum absolute atomic E-state index is 0.0157. The maximum Gasteiger partial charge on any atom is 0.338 e. The molecular formula is C16H19N3O6S2. The van der Waals surface area contributed by atoms with E-state index in [1.54, 1.807) is 24.1 Å². The van der Waals surface area contributed by atoms with Gasteiger partial charge in [0.05, 0.1) is 28.2 Å². The Morgan fingerprint density at radius 3 is 2.81 bits per heavy atom. The molecule has 1 N–H and O–H groups in total. The highest BCUT2D eigenvalue weighted by molar-refractivity contribution is 7.92. The predicted molar refractivity (Wildman–Crippen MR) is 96.1 cm³/mol. The molecule has 0 saturated carbocycles. The van der Waals surface area contributed by atoms with E-state index in [9.17, 15) is 21.6 Å². The first-order chi connectivity index (χ1) is 12.6. The molecular weight excluding hydrogens is 394 g/mol. The molecule has 3 rings (SSSR count). The quantitative estimate of drug-likeness (QED) is 0.673. The van der Waals surface area contributed by atoms with E-state index < -0.39 is 31.9 Å². The van der Waals surface area contributed by atoms with Crippen LogP contribution in [0.5, 0.6) is 0 Å². The topological polar surface area (TPSA) is 124 Å². The Kier molecular flexibility index (Phi) is 5.36. The second-order valence-electron chi connectivity index (χ2n) is 6.35. The zero-order valence-corrected chi connectivity index (χ0v) is 16.2. The van der Waals surface area contributed by atoms with Crippen LogP contribution >= 0.6 is 0 Å². The minimum atomic E-state index is -3.95. The number of sulfone groups is 1. The molecule has 0 bridgehead atoms. The highest BCUT2D eigenvalue weighted by Crippen LogP contribution is 2.17. The summed E-state index contributed by atoms with van der Waals surface area (Å²) in [5.41, 5.74) is 0.791. The number of hydrogen-bond donors (Lipinski definition) is 1. The number of ether oxygens (including phenoxy) is 1. The summed E-state index contributed by atoms with van der Waals surface area (Å²) in [6.45, 7) is 0.0157. The number of benzene rings is 1. The lowest BCUT2D eigenvalue weighted by molar-refractivity contribution is 0.0472. The zero-order chi connectivity index (χ0) is 19.7. The summed E-state index contributed by atoms with van der Waals surface area (Å²) in [5, 5.41) is 3.97. The van der Waals surface area contributed by atoms with Crippen LogP contribution in [0, 0.1) is 0 Å². The molecule has 1 fully saturated rings. The van der Waals surface area contributed by atoms with Crippen molar-refractivity contribution in [1.82, 2.24) is 14.5 Å². The van der Waals surface area contributed by atoms with Crippen LogP contribution in [0.25, 0.3) is 0 Å². The highest BCUT2D eigenvalue weighted by atomic mass is 32.2. The third-order valence-electron chi connectivity index (χ3n) is 4.06. The fourth-order valence-corrected chi connectivity index (χ4v) is 5.84. The number of esters is 1. The van der Waals surface area contributed by atoms with Crippen LogP contribution in [-0.2, 0) is 38.3 Å². The van der Waals surface area contributed by atoms with Crippen molar-refractivity contribution in [1.29, 1.82) is 0 Å². The molecule has 146 valence electrons. The van der Waals surface area contributed by atoms with Crippen LogP contribution < -0.4 is 4.72 Å². The molecule has 0 radical (unpaired) electrons. The molecule has 0 amide bonds. The van der Waals surface area contributed by atoms with Crippen molar-refractivity contribution in [3.63, 3.8) is 0 Å². The fourth-order valence-electron chi connectivity index (χ4n) is 2.74. The molecule has 2 heterocycles. The van der Waals surface area contributed by atoms with Gasteiger partial charge >= 0.3 is 5.97 Å². The molecule has 27 heavy (non-hydrogen) atoms. The van der Waals surface area contributed by atoms with E-state index in [4.69, 9.17) is 4.74 Å². The van der Waals surface area contributed by atoms with Gasteiger partial charge in [-0.05, 0) is 24.6 Å². The Morgan fingerprint density at radius 2 is 2.19 bits per heavy atom. The summed E-state index contributed by atoms with van der Waals surface area (Å²) in [4.78, 5) is 12.1. The van der Waals surface area contributed by atoms with Crippen molar-refractivity contribution in [2.45, 2.75) is 24.0 Å². The van der Waals surface area contributed by atoms with Crippen LogP contribution in [0.3, 0.4) is 0 Å². The third-order valence-corrected chi connectivity index (χ3v) is 7.35. The number of carbonyl (C=O) groups is 1. The number of hydrogen-bond acceptors (Lipinski definition) is 7. The molecule has 0 spiro atoms. The van der Waals surface area contributed by atoms with E-state index in [1.165, 1.54) is 24.3 Å². The van der Waals surface area contributed by atoms with Gasteiger partial charge in [0.1, 0.15) is 6.61 Å². The smallest absolute Gasteiger partial charge is 0.338 e. The van der Waals surface area contributed by atoms with E-state index in [0.717, 1.165) is 0 Å². The lowest BCUT2D eigenvalue weighted by atomic mass is 10.2. The van der Waals surface area contributed by atoms with Crippen molar-refractivity contribution in [2.75, 3.05) is 11.5 Å². The normalized spacial score (nSPS) is 19.1. The van der Waals surface area contributed by atoms with Crippen molar-refractivity contribution in [2.24, 2.45) is 7.05 Å². The molecule has 1 atom stereocenters. The monoisotopic (exact) mass is 413 g/mol. The molecule has 1 aliphatic rings. The number of nitrogens with one attached hydrogen (secondary N) is 1. The lowest BCUT2D eigenvalue weighted by Crippen LogP contribution is -2.35. The van der Waals surface area contributed by atoms with Gasteiger partial charge in [-0.3, -0.25) is 4.68 Å². The van der Waals surface area contributed by atoms with E-state index >= 15 is 0 Å². The van der Waals surface area contributed by atoms with Gasteiger partial charge in [-0.25, -0.2) is 26.4 Å². The van der Waals surface area contributed by atoms with E-state index in [0.29, 0.717) is 5.56 Å². The molecule has 0 unspecified atom stereocenters. The minimum Gasteiger partial charge on any atom is -0.457 e. The number of sulfonamides is 1. The molecule has 1 saturated heterocycles. The number of aryl methyl sites for hydroxylation is 1. The molecule has 1 aromatic carbocycles. The standard InChI is InChI=1S/C16H19N3O6S2/c1-19-9-12(8-17-19)10-25-16(20)13-3-2-4-15(7-13)27(23,24)18-14-5-6-26(21,22)11-14/h2-4,7-9,14,18H,5-6,10-11H2,1H3/t14-/m1/s1. The Morgan fingerprint density at radius 1 is 1.41 bits per heavy atom. The number of aromatic nitrogens is 2. The van der Waals surface area contributed by atoms with Crippen LogP contribution in [0.15, 0.2) is 41.6 Å². The van der Waals surface area contributed by atoms with E-state index in [1.807, 2.05) is 0 Å². The van der Waals surface area contributed by atoms with Gasteiger partial charge < -0.3 is 4.74 Å². The van der Waals surface area contributed by atoms with Gasteiger partial charge in [0.15, 0.2) is 9.84 Å². The Hall–Kier alpha value is -2.24. The first-order valence-corrected chi connectivity index (χ1v) is 11.4. The fraction of sp³-hybridized carbons (Fsp3) is 0.375. The van der Waals surface area contributed by atoms with Gasteiger partial charge in [-0.15, -0.1) is 0 Å². The van der Waals surface area contributed by atoms with Crippen molar-refractivity contribution >= 4 is 25.8 Å². The summed E-state index contributed by atoms with van der Waals surface area (Å²) in [7, 11) is -5.42. The van der Waals surface area contributed by atoms with Crippen molar-refractivity contribution in [3.05, 3.63) is 47.8 Å². The van der Waals surface area contributed by atoms with Crippen LogP contribution in [0.2, 0.25) is 0 Å². The molecule has 9 nitrogen and oxygen atoms in total. The summed E-state index contributed by atoms with van der Waals surface area (Å²) in [5.74, 6) is -0.931. The second-order valence-corrected chi connectivity index (χ2v) is 10.3. The summed E-state index contributed by atoms with van der Waals surface area (Å²) in [6, 6.07) is 4.76. The average molecular weight is 413 g/mol. The number of nitrogens with zero attached hydrogens (tertiary/aromatic N) is 2. The SMILES string of the molecule is Cn1cc(COC(=O)c2cccc(S(=O)(=O)N[C@@H]3CCS(=O)(=O)C3)c2)cn1. The second kappa shape index (κ2) is 7.41. The summed E-state index contributed by atoms with van der Waals surface area (Å²) < 4.78 is 57.1. The van der Waals surface area contributed by atoms with Gasteiger partial charge in [-0.1, -0.05) is 6.07 Å². The van der Waals surface area contributed by atoms with Gasteiger partial charge in [0, 0.05) is 24.8 Å². The first-order valence-electron chi connectivity index (χ1n) is 8.12. The van der Waals surface area contributed by atoms with Crippen LogP contribution in [-0.4, -0.2) is 50.1 Å². The molecule has 11 heteroatoms. The number of rotatable bonds is 6. The highest BCUT2D eigenvalue weighted by Gasteiger charge is 2.31. The van der Waals surface area contributed by atoms with Crippen LogP contribution in [0.4, 0.5) is 0 Å². The van der Waals surface area contributed by atoms with Crippen molar-refractivity contribution < 1.29 is 26.4 Å². The third kappa shape index (κ3) is 4.93. The lowest BCUT2D eigenvalue weighted by Gasteiger charge is -2.12. The Bertz CT molecular complexity index is 1060. The van der Waals surface area contributed by atoms with Crippen molar-refractivity contribution in [3.8, 4) is 0 Å². The average Bonchev–Trinajstić information content (AvgIpc) is 3.17. The predicted octanol–water partition coefficient (Wildman–Crippen LogP) is 0.243. The number of carbonyl (C=O) groups excluding carboxylic acids is 1. The zero-order valence-electron chi connectivity index (χ0n) is 14.5. The first kappa shape index (κ1) is 19.5. The molecule has 1 aromatic heterocycles. The molecule has 1 aliphatic heterocycles. The Labute approximate surface area is 157 Å².